The Morgan fingerprint density at radius 1 is 1.04 bits per heavy atom. The van der Waals surface area contributed by atoms with Crippen LogP contribution >= 0.6 is 0 Å². The van der Waals surface area contributed by atoms with Gasteiger partial charge in [0.05, 0.1) is 19.8 Å². The van der Waals surface area contributed by atoms with Crippen LogP contribution in [0.15, 0.2) is 36.4 Å². The molecule has 2 aromatic rings. The van der Waals surface area contributed by atoms with Crippen molar-refractivity contribution >= 4 is 5.91 Å². The van der Waals surface area contributed by atoms with Crippen LogP contribution in [0.1, 0.15) is 11.1 Å². The predicted octanol–water partition coefficient (Wildman–Crippen LogP) is 2.93. The molecule has 0 atom stereocenters. The van der Waals surface area contributed by atoms with E-state index in [9.17, 15) is 13.6 Å². The zero-order valence-corrected chi connectivity index (χ0v) is 14.8. The molecule has 0 radical (unpaired) electrons. The van der Waals surface area contributed by atoms with Crippen LogP contribution < -0.4 is 4.74 Å². The SMILES string of the molecule is O=C(CN1Cc2cc(F)ccc2Oc2cccc(F)c2C1)N1CCOCC1. The number of rotatable bonds is 2. The lowest BCUT2D eigenvalue weighted by atomic mass is 10.1. The number of halogens is 2. The number of nitrogens with zero attached hydrogens (tertiary/aromatic N) is 2. The minimum atomic E-state index is -0.387. The van der Waals surface area contributed by atoms with Gasteiger partial charge in [0.25, 0.3) is 0 Å². The molecular formula is C20H20F2N2O3. The van der Waals surface area contributed by atoms with Gasteiger partial charge in [-0.25, -0.2) is 8.78 Å². The normalized spacial score (nSPS) is 17.3. The lowest BCUT2D eigenvalue weighted by molar-refractivity contribution is -0.136. The minimum Gasteiger partial charge on any atom is -0.457 e. The summed E-state index contributed by atoms with van der Waals surface area (Å²) >= 11 is 0. The maximum absolute atomic E-state index is 14.4. The summed E-state index contributed by atoms with van der Waals surface area (Å²) in [6.07, 6.45) is 0. The number of hydrogen-bond donors (Lipinski definition) is 0. The third-order valence-electron chi connectivity index (χ3n) is 4.82. The van der Waals surface area contributed by atoms with Gasteiger partial charge in [-0.2, -0.15) is 0 Å². The topological polar surface area (TPSA) is 42.0 Å². The van der Waals surface area contributed by atoms with E-state index in [0.29, 0.717) is 48.9 Å². The van der Waals surface area contributed by atoms with Gasteiger partial charge in [0.1, 0.15) is 23.1 Å². The molecule has 5 nitrogen and oxygen atoms in total. The van der Waals surface area contributed by atoms with Crippen LogP contribution in [0.25, 0.3) is 0 Å². The maximum Gasteiger partial charge on any atom is 0.236 e. The van der Waals surface area contributed by atoms with Gasteiger partial charge in [0.2, 0.25) is 5.91 Å². The number of morpholine rings is 1. The monoisotopic (exact) mass is 374 g/mol. The maximum atomic E-state index is 14.4. The van der Waals surface area contributed by atoms with Crippen LogP contribution in [0.4, 0.5) is 8.78 Å². The van der Waals surface area contributed by atoms with Crippen molar-refractivity contribution in [2.75, 3.05) is 32.8 Å². The highest BCUT2D eigenvalue weighted by molar-refractivity contribution is 5.78. The molecule has 27 heavy (non-hydrogen) atoms. The lowest BCUT2D eigenvalue weighted by Crippen LogP contribution is -2.45. The number of hydrogen-bond acceptors (Lipinski definition) is 4. The third-order valence-corrected chi connectivity index (χ3v) is 4.82. The molecule has 1 saturated heterocycles. The Hall–Kier alpha value is -2.51. The first-order valence-corrected chi connectivity index (χ1v) is 8.92. The van der Waals surface area contributed by atoms with E-state index in [4.69, 9.17) is 9.47 Å². The smallest absolute Gasteiger partial charge is 0.236 e. The molecule has 4 rings (SSSR count). The first kappa shape index (κ1) is 17.9. The summed E-state index contributed by atoms with van der Waals surface area (Å²) in [7, 11) is 0. The standard InChI is InChI=1S/C20H20F2N2O3/c21-15-4-5-18-14(10-15)11-23(13-20(25)24-6-8-26-9-7-24)12-16-17(22)2-1-3-19(16)27-18/h1-5,10H,6-9,11-13H2. The summed E-state index contributed by atoms with van der Waals surface area (Å²) in [6.45, 7) is 2.74. The van der Waals surface area contributed by atoms with E-state index in [1.54, 1.807) is 17.0 Å². The van der Waals surface area contributed by atoms with Crippen molar-refractivity contribution < 1.29 is 23.0 Å². The van der Waals surface area contributed by atoms with Crippen molar-refractivity contribution in [1.29, 1.82) is 0 Å². The van der Waals surface area contributed by atoms with Gasteiger partial charge in [-0.15, -0.1) is 0 Å². The molecule has 1 fully saturated rings. The van der Waals surface area contributed by atoms with Gasteiger partial charge < -0.3 is 14.4 Å². The van der Waals surface area contributed by atoms with Crippen LogP contribution in [0.5, 0.6) is 11.5 Å². The average Bonchev–Trinajstić information content (AvgIpc) is 2.65. The molecule has 0 N–H and O–H groups in total. The molecule has 0 spiro atoms. The largest absolute Gasteiger partial charge is 0.457 e. The zero-order valence-electron chi connectivity index (χ0n) is 14.8. The molecule has 142 valence electrons. The molecule has 2 aromatic carbocycles. The van der Waals surface area contributed by atoms with Crippen LogP contribution in [-0.4, -0.2) is 48.6 Å². The third kappa shape index (κ3) is 3.94. The molecule has 0 aromatic heterocycles. The summed E-state index contributed by atoms with van der Waals surface area (Å²) in [5, 5.41) is 0. The van der Waals surface area contributed by atoms with E-state index in [1.807, 2.05) is 4.90 Å². The second kappa shape index (κ2) is 7.62. The van der Waals surface area contributed by atoms with Gasteiger partial charge in [-0.05, 0) is 30.3 Å². The Kier molecular flexibility index (Phi) is 5.05. The van der Waals surface area contributed by atoms with E-state index in [-0.39, 0.29) is 37.2 Å². The fourth-order valence-corrected chi connectivity index (χ4v) is 3.41. The molecule has 2 aliphatic heterocycles. The predicted molar refractivity (Wildman–Crippen MR) is 94.4 cm³/mol. The Morgan fingerprint density at radius 2 is 1.85 bits per heavy atom. The Morgan fingerprint density at radius 3 is 2.67 bits per heavy atom. The summed E-state index contributed by atoms with van der Waals surface area (Å²) < 4.78 is 39.3. The molecular weight excluding hydrogens is 354 g/mol. The Balaban J connectivity index is 1.64. The van der Waals surface area contributed by atoms with Gasteiger partial charge >= 0.3 is 0 Å². The van der Waals surface area contributed by atoms with Crippen molar-refractivity contribution in [3.63, 3.8) is 0 Å². The molecule has 0 bridgehead atoms. The molecule has 0 saturated carbocycles. The van der Waals surface area contributed by atoms with E-state index in [2.05, 4.69) is 0 Å². The molecule has 2 aliphatic rings. The second-order valence-electron chi connectivity index (χ2n) is 6.71. The van der Waals surface area contributed by atoms with Crippen molar-refractivity contribution in [3.8, 4) is 11.5 Å². The Labute approximate surface area is 156 Å². The summed E-state index contributed by atoms with van der Waals surface area (Å²) in [4.78, 5) is 16.2. The number of carbonyl (C=O) groups excluding carboxylic acids is 1. The number of benzene rings is 2. The molecule has 0 aliphatic carbocycles. The molecule has 0 unspecified atom stereocenters. The van der Waals surface area contributed by atoms with Crippen LogP contribution in [0.2, 0.25) is 0 Å². The number of amides is 1. The van der Waals surface area contributed by atoms with E-state index < -0.39 is 0 Å². The van der Waals surface area contributed by atoms with Crippen molar-refractivity contribution in [1.82, 2.24) is 9.80 Å². The fourth-order valence-electron chi connectivity index (χ4n) is 3.41. The van der Waals surface area contributed by atoms with Crippen LogP contribution in [0.3, 0.4) is 0 Å². The Bertz CT molecular complexity index is 853. The zero-order chi connectivity index (χ0) is 18.8. The summed E-state index contributed by atoms with van der Waals surface area (Å²) in [6, 6.07) is 8.86. The van der Waals surface area contributed by atoms with Crippen molar-refractivity contribution in [2.45, 2.75) is 13.1 Å². The lowest BCUT2D eigenvalue weighted by Gasteiger charge is -2.31. The van der Waals surface area contributed by atoms with Crippen molar-refractivity contribution in [3.05, 3.63) is 59.2 Å². The van der Waals surface area contributed by atoms with E-state index in [1.165, 1.54) is 24.3 Å². The van der Waals surface area contributed by atoms with Gasteiger partial charge in [-0.1, -0.05) is 6.07 Å². The van der Waals surface area contributed by atoms with Crippen LogP contribution in [-0.2, 0) is 22.6 Å². The number of carbonyl (C=O) groups is 1. The fraction of sp³-hybridized carbons (Fsp3) is 0.350. The molecule has 7 heteroatoms. The number of fused-ring (bicyclic) bond motifs is 2. The average molecular weight is 374 g/mol. The second-order valence-corrected chi connectivity index (χ2v) is 6.71. The minimum absolute atomic E-state index is 0.0457. The van der Waals surface area contributed by atoms with Crippen LogP contribution in [0, 0.1) is 11.6 Å². The highest BCUT2D eigenvalue weighted by atomic mass is 19.1. The molecule has 2 heterocycles. The highest BCUT2D eigenvalue weighted by Crippen LogP contribution is 2.34. The molecule has 1 amide bonds. The van der Waals surface area contributed by atoms with Gasteiger partial charge in [-0.3, -0.25) is 9.69 Å². The van der Waals surface area contributed by atoms with Gasteiger partial charge in [0, 0.05) is 37.3 Å². The van der Waals surface area contributed by atoms with E-state index >= 15 is 0 Å². The van der Waals surface area contributed by atoms with Crippen molar-refractivity contribution in [2.24, 2.45) is 0 Å². The highest BCUT2D eigenvalue weighted by Gasteiger charge is 2.25. The summed E-state index contributed by atoms with van der Waals surface area (Å²) in [5.74, 6) is 0.0347. The first-order valence-electron chi connectivity index (χ1n) is 8.92. The quantitative estimate of drug-likeness (QED) is 0.811. The number of ether oxygens (including phenoxy) is 2. The summed E-state index contributed by atoms with van der Waals surface area (Å²) in [5.41, 5.74) is 1.02. The first-order chi connectivity index (χ1) is 13.1. The van der Waals surface area contributed by atoms with E-state index in [0.717, 1.165) is 0 Å². The van der Waals surface area contributed by atoms with Gasteiger partial charge in [0.15, 0.2) is 0 Å².